The van der Waals surface area contributed by atoms with Crippen molar-refractivity contribution >= 4 is 38.8 Å². The maximum atomic E-state index is 5.71. The molecular formula is C62H50N2. The molecule has 308 valence electrons. The van der Waals surface area contributed by atoms with Crippen molar-refractivity contribution in [3.8, 4) is 33.4 Å². The van der Waals surface area contributed by atoms with Gasteiger partial charge < -0.3 is 4.98 Å². The minimum absolute atomic E-state index is 0.176. The minimum Gasteiger partial charge on any atom is -0.354 e. The number of para-hydroxylation sites is 1. The van der Waals surface area contributed by atoms with E-state index < -0.39 is 0 Å². The lowest BCUT2D eigenvalue weighted by atomic mass is 9.70. The number of benzene rings is 8. The molecule has 8 aromatic carbocycles. The molecule has 0 amide bonds. The minimum atomic E-state index is -0.344. The van der Waals surface area contributed by atoms with E-state index in [4.69, 9.17) is 11.6 Å². The molecule has 3 aliphatic rings. The number of hydrogen-bond acceptors (Lipinski definition) is 1. The number of aromatic nitrogens is 1. The first-order valence-corrected chi connectivity index (χ1v) is 23.1. The lowest BCUT2D eigenvalue weighted by molar-refractivity contribution is 0.740. The standard InChI is InChI=1S/C62H50N2/c1-5-38(2)61(44-28-31-52-51-21-11-15-25-59(51)63-60(52)37-44)64-58(43-27-30-47-45(35-43)34-42-16-6-7-17-46(42)47)33-26-39(3)40(4)41-29-32-57-53(36-41)50-20-10-14-24-56(50)62(57)54-22-12-8-18-48(54)49-19-9-13-23-55(49)62/h6-25,27-33,35-39,63H,4-5,26,34H2,1-3H3. The number of aromatic amines is 1. The van der Waals surface area contributed by atoms with Gasteiger partial charge in [-0.15, -0.1) is 0 Å². The van der Waals surface area contributed by atoms with E-state index in [2.05, 4.69) is 208 Å². The first kappa shape index (κ1) is 38.4. The zero-order chi connectivity index (χ0) is 43.1. The summed E-state index contributed by atoms with van der Waals surface area (Å²) in [5.74, 6) is 0.433. The Hall–Kier alpha value is -7.29. The summed E-state index contributed by atoms with van der Waals surface area (Å²) >= 11 is 0. The molecule has 1 heterocycles. The van der Waals surface area contributed by atoms with Gasteiger partial charge in [0.15, 0.2) is 0 Å². The first-order chi connectivity index (χ1) is 31.4. The van der Waals surface area contributed by atoms with E-state index in [1.54, 1.807) is 0 Å². The van der Waals surface area contributed by atoms with Crippen molar-refractivity contribution in [3.05, 3.63) is 239 Å². The van der Waals surface area contributed by atoms with Crippen molar-refractivity contribution in [2.24, 2.45) is 16.8 Å². The van der Waals surface area contributed by atoms with Crippen LogP contribution in [0.15, 0.2) is 194 Å². The van der Waals surface area contributed by atoms with Crippen molar-refractivity contribution in [1.82, 2.24) is 4.98 Å². The van der Waals surface area contributed by atoms with E-state index in [1.807, 2.05) is 0 Å². The van der Waals surface area contributed by atoms with Gasteiger partial charge in [-0.05, 0) is 139 Å². The van der Waals surface area contributed by atoms with Crippen molar-refractivity contribution in [2.45, 2.75) is 45.4 Å². The number of H-pyrrole nitrogens is 1. The number of allylic oxidation sites excluding steroid dienone is 2. The third-order valence-electron chi connectivity index (χ3n) is 14.8. The van der Waals surface area contributed by atoms with E-state index in [-0.39, 0.29) is 17.3 Å². The lowest BCUT2D eigenvalue weighted by Crippen LogP contribution is -2.25. The maximum absolute atomic E-state index is 5.71. The van der Waals surface area contributed by atoms with Gasteiger partial charge in [-0.25, -0.2) is 0 Å². The molecule has 64 heavy (non-hydrogen) atoms. The van der Waals surface area contributed by atoms with Crippen molar-refractivity contribution in [1.29, 1.82) is 0 Å². The number of rotatable bonds is 9. The van der Waals surface area contributed by atoms with E-state index in [1.165, 1.54) is 83.1 Å². The van der Waals surface area contributed by atoms with Crippen molar-refractivity contribution in [3.63, 3.8) is 0 Å². The Morgan fingerprint density at radius 3 is 1.86 bits per heavy atom. The highest BCUT2D eigenvalue weighted by Crippen LogP contribution is 2.63. The van der Waals surface area contributed by atoms with Crippen LogP contribution in [-0.4, -0.2) is 10.7 Å². The average molecular weight is 823 g/mol. The number of aliphatic imine (C=N–C) groups is 1. The van der Waals surface area contributed by atoms with Crippen LogP contribution >= 0.6 is 0 Å². The lowest BCUT2D eigenvalue weighted by Gasteiger charge is -2.30. The SMILES string of the molecule is C=C(c1ccc2c(c1)-c1ccccc1C21c2ccccc2-c2ccccc21)C(C)CC=C(N=C(c1ccc2c(c1)[nH]c1ccccc12)C(C)CC)c1ccc2c(c1)Cc1ccccc1-2. The molecule has 1 aromatic heterocycles. The smallest absolute Gasteiger partial charge is 0.0725 e. The van der Waals surface area contributed by atoms with Crippen molar-refractivity contribution < 1.29 is 0 Å². The molecule has 0 radical (unpaired) electrons. The summed E-state index contributed by atoms with van der Waals surface area (Å²) in [5, 5.41) is 2.49. The van der Waals surface area contributed by atoms with Crippen LogP contribution < -0.4 is 0 Å². The molecule has 0 saturated heterocycles. The van der Waals surface area contributed by atoms with Gasteiger partial charge in [0, 0.05) is 27.4 Å². The highest BCUT2D eigenvalue weighted by molar-refractivity contribution is 6.12. The topological polar surface area (TPSA) is 28.1 Å². The summed E-state index contributed by atoms with van der Waals surface area (Å²) < 4.78 is 0. The van der Waals surface area contributed by atoms with Gasteiger partial charge in [-0.1, -0.05) is 185 Å². The summed E-state index contributed by atoms with van der Waals surface area (Å²) in [6.07, 6.45) is 5.12. The van der Waals surface area contributed by atoms with E-state index in [0.717, 1.165) is 58.4 Å². The molecule has 2 nitrogen and oxygen atoms in total. The van der Waals surface area contributed by atoms with Gasteiger partial charge >= 0.3 is 0 Å². The molecule has 1 N–H and O–H groups in total. The fourth-order valence-corrected chi connectivity index (χ4v) is 11.3. The number of hydrogen-bond donors (Lipinski definition) is 1. The fraction of sp³-hybridized carbons (Fsp3) is 0.145. The van der Waals surface area contributed by atoms with Crippen molar-refractivity contribution in [2.75, 3.05) is 0 Å². The zero-order valence-corrected chi connectivity index (χ0v) is 36.8. The van der Waals surface area contributed by atoms with E-state index in [9.17, 15) is 0 Å². The van der Waals surface area contributed by atoms with Gasteiger partial charge in [0.25, 0.3) is 0 Å². The second kappa shape index (κ2) is 14.9. The highest BCUT2D eigenvalue weighted by Gasteiger charge is 2.51. The summed E-state index contributed by atoms with van der Waals surface area (Å²) in [5.41, 5.74) is 24.9. The van der Waals surface area contributed by atoms with Crippen LogP contribution in [0, 0.1) is 11.8 Å². The Kier molecular flexibility index (Phi) is 8.95. The van der Waals surface area contributed by atoms with Gasteiger partial charge in [-0.2, -0.15) is 0 Å². The number of nitrogens with one attached hydrogen (secondary N) is 1. The van der Waals surface area contributed by atoms with Crippen LogP contribution in [0.4, 0.5) is 0 Å². The van der Waals surface area contributed by atoms with Gasteiger partial charge in [0.2, 0.25) is 0 Å². The monoisotopic (exact) mass is 822 g/mol. The van der Waals surface area contributed by atoms with E-state index in [0.29, 0.717) is 0 Å². The number of fused-ring (bicyclic) bond motifs is 16. The molecule has 0 aliphatic heterocycles. The summed E-state index contributed by atoms with van der Waals surface area (Å²) in [7, 11) is 0. The van der Waals surface area contributed by atoms with Gasteiger partial charge in [0.1, 0.15) is 0 Å². The van der Waals surface area contributed by atoms with Gasteiger partial charge in [0.05, 0.1) is 16.8 Å². The molecule has 0 bridgehead atoms. The third-order valence-corrected chi connectivity index (χ3v) is 14.8. The number of nitrogens with zero attached hydrogens (tertiary/aromatic N) is 1. The fourth-order valence-electron chi connectivity index (χ4n) is 11.3. The van der Waals surface area contributed by atoms with Crippen LogP contribution in [0.25, 0.3) is 66.5 Å². The molecule has 9 aromatic rings. The zero-order valence-electron chi connectivity index (χ0n) is 36.8. The third kappa shape index (κ3) is 5.75. The average Bonchev–Trinajstić information content (AvgIpc) is 4.08. The van der Waals surface area contributed by atoms with Crippen LogP contribution in [0.2, 0.25) is 0 Å². The second-order valence-electron chi connectivity index (χ2n) is 18.3. The second-order valence-corrected chi connectivity index (χ2v) is 18.3. The van der Waals surface area contributed by atoms with Crippen LogP contribution in [0.3, 0.4) is 0 Å². The van der Waals surface area contributed by atoms with Crippen LogP contribution in [0.5, 0.6) is 0 Å². The summed E-state index contributed by atoms with van der Waals surface area (Å²) in [4.78, 5) is 9.40. The molecule has 3 aliphatic carbocycles. The Morgan fingerprint density at radius 1 is 0.547 bits per heavy atom. The Bertz CT molecular complexity index is 3400. The summed E-state index contributed by atoms with van der Waals surface area (Å²) in [6, 6.07) is 65.5. The first-order valence-electron chi connectivity index (χ1n) is 23.1. The molecule has 0 fully saturated rings. The molecule has 12 rings (SSSR count). The van der Waals surface area contributed by atoms with Crippen LogP contribution in [-0.2, 0) is 11.8 Å². The quantitative estimate of drug-likeness (QED) is 0.141. The Balaban J connectivity index is 0.933. The Labute approximate surface area is 376 Å². The molecule has 0 saturated carbocycles. The Morgan fingerprint density at radius 2 is 1.12 bits per heavy atom. The van der Waals surface area contributed by atoms with E-state index >= 15 is 0 Å². The molecule has 2 atom stereocenters. The largest absolute Gasteiger partial charge is 0.354 e. The predicted octanol–water partition coefficient (Wildman–Crippen LogP) is 15.9. The molecular weight excluding hydrogens is 773 g/mol. The molecule has 2 unspecified atom stereocenters. The normalized spacial score (nSPS) is 15.1. The summed E-state index contributed by atoms with van der Waals surface area (Å²) in [6.45, 7) is 11.7. The maximum Gasteiger partial charge on any atom is 0.0725 e. The van der Waals surface area contributed by atoms with Gasteiger partial charge in [-0.3, -0.25) is 4.99 Å². The predicted molar refractivity (Wildman–Crippen MR) is 270 cm³/mol. The molecule has 2 heteroatoms. The van der Waals surface area contributed by atoms with Crippen LogP contribution in [0.1, 0.15) is 83.7 Å². The molecule has 1 spiro atoms. The highest BCUT2D eigenvalue weighted by atomic mass is 14.8.